The second kappa shape index (κ2) is 4.13. The van der Waals surface area contributed by atoms with E-state index in [-0.39, 0.29) is 5.75 Å². The standard InChI is InChI=1S/C11H8F2O2/c12-11(13)15-9-4-1-3-8(7-9)10-5-2-6-14-10/h1-7,11H. The van der Waals surface area contributed by atoms with E-state index in [2.05, 4.69) is 4.74 Å². The number of hydrogen-bond donors (Lipinski definition) is 0. The molecule has 0 spiro atoms. The lowest BCUT2D eigenvalue weighted by Gasteiger charge is -2.04. The van der Waals surface area contributed by atoms with Crippen LogP contribution >= 0.6 is 0 Å². The summed E-state index contributed by atoms with van der Waals surface area (Å²) in [4.78, 5) is 0. The Labute approximate surface area is 85.1 Å². The topological polar surface area (TPSA) is 22.4 Å². The summed E-state index contributed by atoms with van der Waals surface area (Å²) < 4.78 is 33.3. The van der Waals surface area contributed by atoms with Gasteiger partial charge in [-0.1, -0.05) is 12.1 Å². The Hall–Kier alpha value is -1.84. The van der Waals surface area contributed by atoms with Gasteiger partial charge in [0.2, 0.25) is 0 Å². The maximum Gasteiger partial charge on any atom is 0.387 e. The molecule has 2 aromatic rings. The molecule has 0 atom stereocenters. The number of alkyl halides is 2. The smallest absolute Gasteiger partial charge is 0.387 e. The van der Waals surface area contributed by atoms with Crippen LogP contribution in [-0.4, -0.2) is 6.61 Å². The van der Waals surface area contributed by atoms with Crippen molar-refractivity contribution in [1.82, 2.24) is 0 Å². The molecular formula is C11H8F2O2. The number of rotatable bonds is 3. The molecular weight excluding hydrogens is 202 g/mol. The van der Waals surface area contributed by atoms with E-state index in [0.717, 1.165) is 0 Å². The zero-order valence-electron chi connectivity index (χ0n) is 7.69. The van der Waals surface area contributed by atoms with Gasteiger partial charge in [-0.15, -0.1) is 0 Å². The highest BCUT2D eigenvalue weighted by Gasteiger charge is 2.06. The molecule has 0 saturated carbocycles. The summed E-state index contributed by atoms with van der Waals surface area (Å²) in [5.41, 5.74) is 0.707. The largest absolute Gasteiger partial charge is 0.464 e. The zero-order chi connectivity index (χ0) is 10.7. The summed E-state index contributed by atoms with van der Waals surface area (Å²) in [7, 11) is 0. The summed E-state index contributed by atoms with van der Waals surface area (Å²) >= 11 is 0. The predicted molar refractivity (Wildman–Crippen MR) is 50.8 cm³/mol. The summed E-state index contributed by atoms with van der Waals surface area (Å²) in [5, 5.41) is 0. The summed E-state index contributed by atoms with van der Waals surface area (Å²) in [5.74, 6) is 0.744. The van der Waals surface area contributed by atoms with Gasteiger partial charge >= 0.3 is 6.61 Å². The fraction of sp³-hybridized carbons (Fsp3) is 0.0909. The minimum absolute atomic E-state index is 0.124. The highest BCUT2D eigenvalue weighted by Crippen LogP contribution is 2.24. The Balaban J connectivity index is 2.27. The van der Waals surface area contributed by atoms with Crippen LogP contribution in [0, 0.1) is 0 Å². The van der Waals surface area contributed by atoms with Crippen molar-refractivity contribution in [3.05, 3.63) is 42.7 Å². The monoisotopic (exact) mass is 210 g/mol. The first-order valence-corrected chi connectivity index (χ1v) is 4.34. The first-order valence-electron chi connectivity index (χ1n) is 4.34. The minimum atomic E-state index is -2.81. The summed E-state index contributed by atoms with van der Waals surface area (Å²) in [6.07, 6.45) is 1.52. The van der Waals surface area contributed by atoms with Gasteiger partial charge in [-0.05, 0) is 24.3 Å². The van der Waals surface area contributed by atoms with Gasteiger partial charge in [0.25, 0.3) is 0 Å². The van der Waals surface area contributed by atoms with Gasteiger partial charge in [0.15, 0.2) is 0 Å². The third-order valence-electron chi connectivity index (χ3n) is 1.86. The van der Waals surface area contributed by atoms with Crippen molar-refractivity contribution in [2.24, 2.45) is 0 Å². The highest BCUT2D eigenvalue weighted by molar-refractivity contribution is 5.59. The van der Waals surface area contributed by atoms with Crippen LogP contribution in [0.2, 0.25) is 0 Å². The number of furan rings is 1. The van der Waals surface area contributed by atoms with Crippen molar-refractivity contribution < 1.29 is 17.9 Å². The molecule has 78 valence electrons. The Morgan fingerprint density at radius 1 is 1.13 bits per heavy atom. The zero-order valence-corrected chi connectivity index (χ0v) is 7.69. The number of ether oxygens (including phenoxy) is 1. The molecule has 0 aliphatic carbocycles. The Bertz CT molecular complexity index is 424. The molecule has 1 aromatic heterocycles. The third-order valence-corrected chi connectivity index (χ3v) is 1.86. The van der Waals surface area contributed by atoms with Gasteiger partial charge in [-0.25, -0.2) is 0 Å². The van der Waals surface area contributed by atoms with Crippen LogP contribution in [-0.2, 0) is 0 Å². The normalized spacial score (nSPS) is 10.6. The Kier molecular flexibility index (Phi) is 2.67. The van der Waals surface area contributed by atoms with Gasteiger partial charge < -0.3 is 9.15 Å². The first kappa shape index (κ1) is 9.71. The summed E-state index contributed by atoms with van der Waals surface area (Å²) in [6, 6.07) is 9.85. The SMILES string of the molecule is FC(F)Oc1cccc(-c2ccco2)c1. The van der Waals surface area contributed by atoms with Crippen molar-refractivity contribution in [3.63, 3.8) is 0 Å². The minimum Gasteiger partial charge on any atom is -0.464 e. The number of benzene rings is 1. The first-order chi connectivity index (χ1) is 7.25. The van der Waals surface area contributed by atoms with Crippen LogP contribution in [0.3, 0.4) is 0 Å². The van der Waals surface area contributed by atoms with Crippen LogP contribution in [0.4, 0.5) is 8.78 Å². The molecule has 2 rings (SSSR count). The van der Waals surface area contributed by atoms with E-state index in [1.165, 1.54) is 18.4 Å². The summed E-state index contributed by atoms with van der Waals surface area (Å²) in [6.45, 7) is -2.81. The van der Waals surface area contributed by atoms with Crippen molar-refractivity contribution >= 4 is 0 Å². The molecule has 0 N–H and O–H groups in total. The maximum absolute atomic E-state index is 11.9. The van der Waals surface area contributed by atoms with Crippen molar-refractivity contribution in [3.8, 4) is 17.1 Å². The molecule has 2 nitrogen and oxygen atoms in total. The highest BCUT2D eigenvalue weighted by atomic mass is 19.3. The van der Waals surface area contributed by atoms with Crippen LogP contribution in [0.5, 0.6) is 5.75 Å². The average Bonchev–Trinajstić information content (AvgIpc) is 2.69. The molecule has 0 bridgehead atoms. The van der Waals surface area contributed by atoms with Gasteiger partial charge in [0, 0.05) is 5.56 Å². The van der Waals surface area contributed by atoms with Crippen LogP contribution in [0.25, 0.3) is 11.3 Å². The third kappa shape index (κ3) is 2.34. The average molecular weight is 210 g/mol. The van der Waals surface area contributed by atoms with Crippen molar-refractivity contribution in [2.45, 2.75) is 6.61 Å². The molecule has 0 aliphatic heterocycles. The van der Waals surface area contributed by atoms with E-state index in [4.69, 9.17) is 4.42 Å². The molecule has 0 radical (unpaired) electrons. The fourth-order valence-electron chi connectivity index (χ4n) is 1.27. The van der Waals surface area contributed by atoms with Crippen LogP contribution < -0.4 is 4.74 Å². The quantitative estimate of drug-likeness (QED) is 0.772. The van der Waals surface area contributed by atoms with E-state index >= 15 is 0 Å². The molecule has 0 saturated heterocycles. The van der Waals surface area contributed by atoms with E-state index in [1.807, 2.05) is 0 Å². The predicted octanol–water partition coefficient (Wildman–Crippen LogP) is 3.55. The number of halogens is 2. The van der Waals surface area contributed by atoms with Gasteiger partial charge in [0.05, 0.1) is 6.26 Å². The lowest BCUT2D eigenvalue weighted by Crippen LogP contribution is -2.01. The lowest BCUT2D eigenvalue weighted by molar-refractivity contribution is -0.0498. The van der Waals surface area contributed by atoms with E-state index in [9.17, 15) is 8.78 Å². The molecule has 0 amide bonds. The second-order valence-electron chi connectivity index (χ2n) is 2.88. The van der Waals surface area contributed by atoms with Gasteiger partial charge in [-0.2, -0.15) is 8.78 Å². The molecule has 4 heteroatoms. The van der Waals surface area contributed by atoms with E-state index < -0.39 is 6.61 Å². The fourth-order valence-corrected chi connectivity index (χ4v) is 1.27. The van der Waals surface area contributed by atoms with Gasteiger partial charge in [-0.3, -0.25) is 0 Å². The molecule has 1 aromatic carbocycles. The number of hydrogen-bond acceptors (Lipinski definition) is 2. The van der Waals surface area contributed by atoms with E-state index in [0.29, 0.717) is 11.3 Å². The van der Waals surface area contributed by atoms with Crippen LogP contribution in [0.1, 0.15) is 0 Å². The molecule has 0 aliphatic rings. The molecule has 0 unspecified atom stereocenters. The molecule has 0 fully saturated rings. The molecule has 15 heavy (non-hydrogen) atoms. The van der Waals surface area contributed by atoms with Crippen molar-refractivity contribution in [2.75, 3.05) is 0 Å². The van der Waals surface area contributed by atoms with Crippen LogP contribution in [0.15, 0.2) is 47.1 Å². The van der Waals surface area contributed by atoms with Gasteiger partial charge in [0.1, 0.15) is 11.5 Å². The maximum atomic E-state index is 11.9. The van der Waals surface area contributed by atoms with Crippen molar-refractivity contribution in [1.29, 1.82) is 0 Å². The Morgan fingerprint density at radius 3 is 2.67 bits per heavy atom. The second-order valence-corrected chi connectivity index (χ2v) is 2.88. The Morgan fingerprint density at radius 2 is 2.00 bits per heavy atom. The molecule has 1 heterocycles. The van der Waals surface area contributed by atoms with E-state index in [1.54, 1.807) is 24.3 Å². The lowest BCUT2D eigenvalue weighted by atomic mass is 10.2.